The molecule has 0 radical (unpaired) electrons. The number of nitrogens with one attached hydrogen (secondary N) is 1. The number of carbonyl (C=O) groups is 3. The van der Waals surface area contributed by atoms with Crippen molar-refractivity contribution in [1.29, 1.82) is 0 Å². The topological polar surface area (TPSA) is 83.5 Å². The Balaban J connectivity index is 1.75. The van der Waals surface area contributed by atoms with Crippen LogP contribution in [-0.2, 0) is 17.4 Å². The van der Waals surface area contributed by atoms with Crippen LogP contribution in [0.1, 0.15) is 37.4 Å². The van der Waals surface area contributed by atoms with Crippen molar-refractivity contribution >= 4 is 17.7 Å². The van der Waals surface area contributed by atoms with Crippen LogP contribution < -0.4 is 5.32 Å². The zero-order chi connectivity index (χ0) is 23.3. The van der Waals surface area contributed by atoms with Crippen LogP contribution in [0.25, 0.3) is 0 Å². The van der Waals surface area contributed by atoms with Gasteiger partial charge in [0.1, 0.15) is 6.04 Å². The fourth-order valence-corrected chi connectivity index (χ4v) is 3.15. The van der Waals surface area contributed by atoms with Crippen LogP contribution in [0.15, 0.2) is 78.9 Å². The maximum Gasteiger partial charge on any atom is 0.417 e. The molecular weight excluding hydrogens is 423 g/mol. The van der Waals surface area contributed by atoms with E-state index in [0.29, 0.717) is 16.7 Å². The summed E-state index contributed by atoms with van der Waals surface area (Å²) >= 11 is 0. The number of amides is 1. The number of carbonyl (C=O) groups excluding carboxylic acids is 2. The number of hydrogen-bond acceptors (Lipinski definition) is 3. The molecule has 0 fully saturated rings. The first-order valence-corrected chi connectivity index (χ1v) is 9.55. The van der Waals surface area contributed by atoms with E-state index < -0.39 is 35.2 Å². The molecule has 0 aliphatic rings. The first-order chi connectivity index (χ1) is 15.2. The number of halogens is 3. The van der Waals surface area contributed by atoms with Gasteiger partial charge >= 0.3 is 12.1 Å². The summed E-state index contributed by atoms with van der Waals surface area (Å²) < 4.78 is 39.5. The van der Waals surface area contributed by atoms with E-state index in [1.165, 1.54) is 18.2 Å². The molecule has 164 valence electrons. The second-order valence-corrected chi connectivity index (χ2v) is 7.00. The average Bonchev–Trinajstić information content (AvgIpc) is 2.78. The van der Waals surface area contributed by atoms with Gasteiger partial charge in [-0.3, -0.25) is 9.59 Å². The summed E-state index contributed by atoms with van der Waals surface area (Å²) in [5, 5.41) is 11.6. The van der Waals surface area contributed by atoms with Gasteiger partial charge in [-0.25, -0.2) is 4.79 Å². The summed E-state index contributed by atoms with van der Waals surface area (Å²) in [5.74, 6) is -2.74. The molecule has 1 amide bonds. The fraction of sp³-hybridized carbons (Fsp3) is 0.125. The Kier molecular flexibility index (Phi) is 6.73. The second-order valence-electron chi connectivity index (χ2n) is 7.00. The normalized spacial score (nSPS) is 12.1. The molecular formula is C24H18F3NO4. The molecule has 3 aromatic rings. The van der Waals surface area contributed by atoms with Gasteiger partial charge in [-0.15, -0.1) is 0 Å². The first kappa shape index (κ1) is 22.7. The number of rotatable bonds is 7. The van der Waals surface area contributed by atoms with Crippen LogP contribution in [0.3, 0.4) is 0 Å². The van der Waals surface area contributed by atoms with Crippen molar-refractivity contribution in [2.45, 2.75) is 18.6 Å². The molecule has 0 heterocycles. The summed E-state index contributed by atoms with van der Waals surface area (Å²) in [7, 11) is 0. The molecule has 1 atom stereocenters. The summed E-state index contributed by atoms with van der Waals surface area (Å²) in [6.07, 6.45) is -4.93. The van der Waals surface area contributed by atoms with Gasteiger partial charge in [0, 0.05) is 17.5 Å². The molecule has 8 heteroatoms. The molecule has 3 aromatic carbocycles. The van der Waals surface area contributed by atoms with E-state index in [1.807, 2.05) is 0 Å². The monoisotopic (exact) mass is 441 g/mol. The lowest BCUT2D eigenvalue weighted by molar-refractivity contribution is -0.139. The quantitative estimate of drug-likeness (QED) is 0.534. The average molecular weight is 441 g/mol. The molecule has 3 rings (SSSR count). The van der Waals surface area contributed by atoms with E-state index in [4.69, 9.17) is 0 Å². The molecule has 0 spiro atoms. The third kappa shape index (κ3) is 5.40. The third-order valence-electron chi connectivity index (χ3n) is 4.77. The van der Waals surface area contributed by atoms with E-state index >= 15 is 0 Å². The van der Waals surface area contributed by atoms with Crippen LogP contribution in [-0.4, -0.2) is 28.8 Å². The van der Waals surface area contributed by atoms with Crippen LogP contribution in [0.4, 0.5) is 13.2 Å². The number of aliphatic carboxylic acids is 1. The van der Waals surface area contributed by atoms with Crippen molar-refractivity contribution in [2.75, 3.05) is 0 Å². The maximum absolute atomic E-state index is 13.2. The summed E-state index contributed by atoms with van der Waals surface area (Å²) in [6, 6.07) is 17.4. The van der Waals surface area contributed by atoms with Gasteiger partial charge in [-0.2, -0.15) is 13.2 Å². The molecule has 0 saturated heterocycles. The second kappa shape index (κ2) is 9.47. The van der Waals surface area contributed by atoms with Crippen molar-refractivity contribution in [3.63, 3.8) is 0 Å². The Labute approximate surface area is 181 Å². The standard InChI is InChI=1S/C24H18F3NO4/c25-24(26,27)19-9-5-4-8-18(19)22(30)28-20(23(31)32)14-15-10-12-17(13-11-15)21(29)16-6-2-1-3-7-16/h1-13,20H,14H2,(H,28,30)(H,31,32)/t20-/m0/s1. The molecule has 2 N–H and O–H groups in total. The van der Waals surface area contributed by atoms with E-state index in [2.05, 4.69) is 5.32 Å². The predicted molar refractivity (Wildman–Crippen MR) is 110 cm³/mol. The Morgan fingerprint density at radius 2 is 1.38 bits per heavy atom. The Morgan fingerprint density at radius 1 is 0.812 bits per heavy atom. The van der Waals surface area contributed by atoms with Crippen molar-refractivity contribution in [1.82, 2.24) is 5.32 Å². The van der Waals surface area contributed by atoms with Gasteiger partial charge in [0.25, 0.3) is 5.91 Å². The highest BCUT2D eigenvalue weighted by molar-refractivity contribution is 6.09. The lowest BCUT2D eigenvalue weighted by Gasteiger charge is -2.17. The summed E-state index contributed by atoms with van der Waals surface area (Å²) in [6.45, 7) is 0. The highest BCUT2D eigenvalue weighted by atomic mass is 19.4. The van der Waals surface area contributed by atoms with Crippen LogP contribution in [0.5, 0.6) is 0 Å². The van der Waals surface area contributed by atoms with Crippen LogP contribution in [0.2, 0.25) is 0 Å². The Bertz CT molecular complexity index is 1130. The van der Waals surface area contributed by atoms with Crippen LogP contribution >= 0.6 is 0 Å². The third-order valence-corrected chi connectivity index (χ3v) is 4.77. The smallest absolute Gasteiger partial charge is 0.417 e. The lowest BCUT2D eigenvalue weighted by Crippen LogP contribution is -2.42. The van der Waals surface area contributed by atoms with Gasteiger partial charge in [0.15, 0.2) is 5.78 Å². The Hall–Kier alpha value is -3.94. The van der Waals surface area contributed by atoms with Crippen molar-refractivity contribution in [3.05, 3.63) is 107 Å². The molecule has 0 aliphatic heterocycles. The number of alkyl halides is 3. The lowest BCUT2D eigenvalue weighted by atomic mass is 9.99. The van der Waals surface area contributed by atoms with Gasteiger partial charge in [0.05, 0.1) is 11.1 Å². The van der Waals surface area contributed by atoms with E-state index in [-0.39, 0.29) is 12.2 Å². The Morgan fingerprint density at radius 3 is 1.97 bits per heavy atom. The molecule has 0 bridgehead atoms. The zero-order valence-corrected chi connectivity index (χ0v) is 16.6. The summed E-state index contributed by atoms with van der Waals surface area (Å²) in [5.41, 5.74) is -0.416. The minimum Gasteiger partial charge on any atom is -0.480 e. The van der Waals surface area contributed by atoms with Crippen molar-refractivity contribution in [3.8, 4) is 0 Å². The maximum atomic E-state index is 13.2. The van der Waals surface area contributed by atoms with Gasteiger partial charge in [0.2, 0.25) is 0 Å². The molecule has 0 aliphatic carbocycles. The molecule has 5 nitrogen and oxygen atoms in total. The zero-order valence-electron chi connectivity index (χ0n) is 16.6. The number of carboxylic acid groups (broad SMARTS) is 1. The van der Waals surface area contributed by atoms with E-state index in [0.717, 1.165) is 18.2 Å². The largest absolute Gasteiger partial charge is 0.480 e. The van der Waals surface area contributed by atoms with Crippen LogP contribution in [0, 0.1) is 0 Å². The predicted octanol–water partition coefficient (Wildman–Crippen LogP) is 4.36. The number of ketones is 1. The molecule has 0 aromatic heterocycles. The van der Waals surface area contributed by atoms with E-state index in [9.17, 15) is 32.7 Å². The van der Waals surface area contributed by atoms with Crippen molar-refractivity contribution < 1.29 is 32.7 Å². The number of benzene rings is 3. The summed E-state index contributed by atoms with van der Waals surface area (Å²) in [4.78, 5) is 36.5. The van der Waals surface area contributed by atoms with Gasteiger partial charge in [-0.05, 0) is 17.7 Å². The highest BCUT2D eigenvalue weighted by Gasteiger charge is 2.35. The number of carboxylic acids is 1. The highest BCUT2D eigenvalue weighted by Crippen LogP contribution is 2.31. The first-order valence-electron chi connectivity index (χ1n) is 9.55. The van der Waals surface area contributed by atoms with Crippen molar-refractivity contribution in [2.24, 2.45) is 0 Å². The minimum atomic E-state index is -4.76. The number of hydrogen-bond donors (Lipinski definition) is 2. The van der Waals surface area contributed by atoms with Gasteiger partial charge in [-0.1, -0.05) is 66.7 Å². The SMILES string of the molecule is O=C(c1ccccc1)c1ccc(C[C@H](NC(=O)c2ccccc2C(F)(F)F)C(=O)O)cc1. The fourth-order valence-electron chi connectivity index (χ4n) is 3.15. The van der Waals surface area contributed by atoms with Gasteiger partial charge < -0.3 is 10.4 Å². The van der Waals surface area contributed by atoms with E-state index in [1.54, 1.807) is 42.5 Å². The molecule has 0 saturated carbocycles. The minimum absolute atomic E-state index is 0.172. The molecule has 32 heavy (non-hydrogen) atoms. The molecule has 0 unspecified atom stereocenters.